The smallest absolute Gasteiger partial charge is 0.375 e. The molecule has 6 nitrogen and oxygen atoms in total. The number of fused-ring (bicyclic) bond motifs is 1. The lowest BCUT2D eigenvalue weighted by Gasteiger charge is -2.12. The Hall–Kier alpha value is -2.73. The van der Waals surface area contributed by atoms with Crippen molar-refractivity contribution in [3.8, 4) is 0 Å². The van der Waals surface area contributed by atoms with Crippen LogP contribution in [0.15, 0.2) is 45.4 Å². The van der Waals surface area contributed by atoms with Gasteiger partial charge in [0.1, 0.15) is 11.3 Å². The Morgan fingerprint density at radius 3 is 2.84 bits per heavy atom. The molecule has 1 N–H and O–H groups in total. The second-order valence-electron chi connectivity index (χ2n) is 5.54. The van der Waals surface area contributed by atoms with E-state index in [0.717, 1.165) is 5.39 Å². The average molecular weight is 362 g/mol. The van der Waals surface area contributed by atoms with Crippen LogP contribution in [-0.2, 0) is 16.1 Å². The zero-order valence-corrected chi connectivity index (χ0v) is 14.4. The van der Waals surface area contributed by atoms with Crippen LogP contribution < -0.4 is 5.32 Å². The van der Waals surface area contributed by atoms with Gasteiger partial charge in [0.15, 0.2) is 6.10 Å². The van der Waals surface area contributed by atoms with Crippen molar-refractivity contribution in [3.63, 3.8) is 0 Å². The third-order valence-corrected chi connectivity index (χ3v) is 3.99. The molecule has 1 amide bonds. The first-order valence-corrected chi connectivity index (χ1v) is 8.03. The summed E-state index contributed by atoms with van der Waals surface area (Å²) < 4.78 is 15.9. The summed E-state index contributed by atoms with van der Waals surface area (Å²) in [6.07, 6.45) is 0.542. The summed E-state index contributed by atoms with van der Waals surface area (Å²) in [6.45, 7) is 3.44. The number of furan rings is 2. The maximum atomic E-state index is 12.3. The van der Waals surface area contributed by atoms with E-state index in [1.165, 1.54) is 13.2 Å². The topological polar surface area (TPSA) is 81.7 Å². The van der Waals surface area contributed by atoms with Gasteiger partial charge in [0.25, 0.3) is 5.91 Å². The summed E-state index contributed by atoms with van der Waals surface area (Å²) in [5.41, 5.74) is 1.15. The lowest BCUT2D eigenvalue weighted by molar-refractivity contribution is -0.129. The van der Waals surface area contributed by atoms with E-state index in [4.69, 9.17) is 25.2 Å². The van der Waals surface area contributed by atoms with E-state index in [1.54, 1.807) is 37.3 Å². The Morgan fingerprint density at radius 1 is 1.32 bits per heavy atom. The molecule has 1 atom stereocenters. The highest BCUT2D eigenvalue weighted by Crippen LogP contribution is 2.28. The van der Waals surface area contributed by atoms with Crippen LogP contribution in [0, 0.1) is 6.92 Å². The van der Waals surface area contributed by atoms with Crippen molar-refractivity contribution in [2.45, 2.75) is 26.5 Å². The number of ether oxygens (including phenoxy) is 1. The van der Waals surface area contributed by atoms with Gasteiger partial charge in [-0.05, 0) is 44.2 Å². The summed E-state index contributed by atoms with van der Waals surface area (Å²) >= 11 is 5.96. The highest BCUT2D eigenvalue weighted by molar-refractivity contribution is 6.31. The predicted octanol–water partition coefficient (Wildman–Crippen LogP) is 3.85. The summed E-state index contributed by atoms with van der Waals surface area (Å²) in [7, 11) is 0. The monoisotopic (exact) mass is 361 g/mol. The van der Waals surface area contributed by atoms with Crippen LogP contribution in [0.25, 0.3) is 11.0 Å². The van der Waals surface area contributed by atoms with Crippen molar-refractivity contribution in [3.05, 3.63) is 58.7 Å². The van der Waals surface area contributed by atoms with Crippen LogP contribution in [-0.4, -0.2) is 18.0 Å². The van der Waals surface area contributed by atoms with Crippen molar-refractivity contribution in [1.82, 2.24) is 5.32 Å². The molecule has 0 spiro atoms. The maximum Gasteiger partial charge on any atom is 0.375 e. The molecule has 25 heavy (non-hydrogen) atoms. The van der Waals surface area contributed by atoms with E-state index in [-0.39, 0.29) is 12.3 Å². The van der Waals surface area contributed by atoms with Gasteiger partial charge in [0.05, 0.1) is 12.8 Å². The molecule has 0 bridgehead atoms. The molecule has 1 aromatic carbocycles. The molecule has 130 valence electrons. The first-order valence-electron chi connectivity index (χ1n) is 7.65. The first-order chi connectivity index (χ1) is 12.0. The standard InChI is InChI=1S/C18H16ClNO5/c1-10-14-8-12(19)5-6-15(14)25-16(10)18(22)24-11(2)17(21)20-9-13-4-3-7-23-13/h3-8,11H,9H2,1-2H3,(H,20,21)/t11-/m0/s1. The van der Waals surface area contributed by atoms with E-state index in [0.29, 0.717) is 21.9 Å². The normalized spacial score (nSPS) is 12.1. The van der Waals surface area contributed by atoms with Crippen molar-refractivity contribution < 1.29 is 23.2 Å². The molecular weight excluding hydrogens is 346 g/mol. The number of rotatable bonds is 5. The largest absolute Gasteiger partial charge is 0.467 e. The quantitative estimate of drug-likeness (QED) is 0.698. The second-order valence-corrected chi connectivity index (χ2v) is 5.98. The van der Waals surface area contributed by atoms with Gasteiger partial charge in [-0.2, -0.15) is 0 Å². The van der Waals surface area contributed by atoms with Gasteiger partial charge in [-0.25, -0.2) is 4.79 Å². The summed E-state index contributed by atoms with van der Waals surface area (Å²) in [6, 6.07) is 8.53. The van der Waals surface area contributed by atoms with Crippen molar-refractivity contribution in [2.24, 2.45) is 0 Å². The average Bonchev–Trinajstić information content (AvgIpc) is 3.21. The maximum absolute atomic E-state index is 12.3. The minimum absolute atomic E-state index is 0.0583. The van der Waals surface area contributed by atoms with Crippen molar-refractivity contribution in [1.29, 1.82) is 0 Å². The number of benzene rings is 1. The zero-order valence-electron chi connectivity index (χ0n) is 13.7. The molecule has 0 aliphatic rings. The molecular formula is C18H16ClNO5. The third-order valence-electron chi connectivity index (χ3n) is 3.75. The molecule has 0 radical (unpaired) electrons. The minimum Gasteiger partial charge on any atom is -0.467 e. The van der Waals surface area contributed by atoms with Gasteiger partial charge in [-0.1, -0.05) is 11.6 Å². The van der Waals surface area contributed by atoms with E-state index in [1.807, 2.05) is 0 Å². The number of halogens is 1. The molecule has 0 fully saturated rings. The van der Waals surface area contributed by atoms with E-state index < -0.39 is 18.0 Å². The van der Waals surface area contributed by atoms with E-state index in [9.17, 15) is 9.59 Å². The van der Waals surface area contributed by atoms with Crippen LogP contribution in [0.2, 0.25) is 5.02 Å². The number of aryl methyl sites for hydroxylation is 1. The van der Waals surface area contributed by atoms with Gasteiger partial charge in [-0.3, -0.25) is 4.79 Å². The molecule has 7 heteroatoms. The van der Waals surface area contributed by atoms with Crippen LogP contribution in [0.3, 0.4) is 0 Å². The molecule has 2 heterocycles. The summed E-state index contributed by atoms with van der Waals surface area (Å²) in [4.78, 5) is 24.3. The molecule has 3 rings (SSSR count). The lowest BCUT2D eigenvalue weighted by atomic mass is 10.1. The Kier molecular flexibility index (Phi) is 4.81. The van der Waals surface area contributed by atoms with Crippen LogP contribution in [0.4, 0.5) is 0 Å². The van der Waals surface area contributed by atoms with Crippen LogP contribution in [0.1, 0.15) is 28.8 Å². The van der Waals surface area contributed by atoms with Gasteiger partial charge in [0, 0.05) is 16.0 Å². The molecule has 2 aromatic heterocycles. The summed E-state index contributed by atoms with van der Waals surface area (Å²) in [5, 5.41) is 3.91. The molecule has 0 aliphatic heterocycles. The Bertz CT molecular complexity index is 913. The van der Waals surface area contributed by atoms with Gasteiger partial charge in [-0.15, -0.1) is 0 Å². The molecule has 3 aromatic rings. The minimum atomic E-state index is -0.973. The number of hydrogen-bond donors (Lipinski definition) is 1. The number of hydrogen-bond acceptors (Lipinski definition) is 5. The third kappa shape index (κ3) is 3.69. The fraction of sp³-hybridized carbons (Fsp3) is 0.222. The number of esters is 1. The Morgan fingerprint density at radius 2 is 2.12 bits per heavy atom. The van der Waals surface area contributed by atoms with Crippen LogP contribution in [0.5, 0.6) is 0 Å². The van der Waals surface area contributed by atoms with Gasteiger partial charge in [0.2, 0.25) is 5.76 Å². The highest BCUT2D eigenvalue weighted by atomic mass is 35.5. The number of amides is 1. The Labute approximate surface area is 148 Å². The molecule has 0 saturated heterocycles. The second kappa shape index (κ2) is 7.03. The van der Waals surface area contributed by atoms with Gasteiger partial charge >= 0.3 is 5.97 Å². The fourth-order valence-electron chi connectivity index (χ4n) is 2.39. The van der Waals surface area contributed by atoms with E-state index >= 15 is 0 Å². The molecule has 0 unspecified atom stereocenters. The molecule has 0 aliphatic carbocycles. The highest BCUT2D eigenvalue weighted by Gasteiger charge is 2.24. The number of nitrogens with one attached hydrogen (secondary N) is 1. The summed E-state index contributed by atoms with van der Waals surface area (Å²) in [5.74, 6) is -0.466. The van der Waals surface area contributed by atoms with Crippen molar-refractivity contribution in [2.75, 3.05) is 0 Å². The number of carbonyl (C=O) groups is 2. The SMILES string of the molecule is Cc1c(C(=O)O[C@@H](C)C(=O)NCc2ccco2)oc2ccc(Cl)cc12. The molecule has 0 saturated carbocycles. The first kappa shape index (κ1) is 17.1. The van der Waals surface area contributed by atoms with E-state index in [2.05, 4.69) is 5.32 Å². The predicted molar refractivity (Wildman–Crippen MR) is 91.4 cm³/mol. The fourth-order valence-corrected chi connectivity index (χ4v) is 2.56. The number of carbonyl (C=O) groups excluding carboxylic acids is 2. The Balaban J connectivity index is 1.67. The zero-order chi connectivity index (χ0) is 18.0. The lowest BCUT2D eigenvalue weighted by Crippen LogP contribution is -2.35. The van der Waals surface area contributed by atoms with Gasteiger partial charge < -0.3 is 18.9 Å². The van der Waals surface area contributed by atoms with Crippen molar-refractivity contribution >= 4 is 34.4 Å². The van der Waals surface area contributed by atoms with Crippen LogP contribution >= 0.6 is 11.6 Å².